The lowest BCUT2D eigenvalue weighted by Crippen LogP contribution is -2.37. The Morgan fingerprint density at radius 1 is 1.31 bits per heavy atom. The van der Waals surface area contributed by atoms with Crippen molar-refractivity contribution < 1.29 is 4.42 Å². The van der Waals surface area contributed by atoms with E-state index in [9.17, 15) is 0 Å². The Bertz CT molecular complexity index is 299. The largest absolute Gasteiger partial charge is 0.453 e. The van der Waals surface area contributed by atoms with Gasteiger partial charge in [-0.25, -0.2) is 0 Å². The zero-order valence-electron chi connectivity index (χ0n) is 10.2. The van der Waals surface area contributed by atoms with Crippen molar-refractivity contribution in [2.45, 2.75) is 33.4 Å². The lowest BCUT2D eigenvalue weighted by Gasteiger charge is -2.15. The normalized spacial score (nSPS) is 13.3. The highest BCUT2D eigenvalue weighted by molar-refractivity contribution is 6.29. The summed E-state index contributed by atoms with van der Waals surface area (Å²) in [6, 6.07) is 2.31. The highest BCUT2D eigenvalue weighted by atomic mass is 35.5. The Kier molecular flexibility index (Phi) is 5.88. The average molecular weight is 245 g/mol. The van der Waals surface area contributed by atoms with E-state index < -0.39 is 0 Å². The molecule has 16 heavy (non-hydrogen) atoms. The lowest BCUT2D eigenvalue weighted by molar-refractivity contribution is 0.470. The summed E-state index contributed by atoms with van der Waals surface area (Å²) >= 11 is 5.85. The minimum absolute atomic E-state index is 0.421. The Balaban J connectivity index is 2.15. The second-order valence-corrected chi connectivity index (χ2v) is 4.90. The van der Waals surface area contributed by atoms with Gasteiger partial charge in [0.05, 0.1) is 6.26 Å². The van der Waals surface area contributed by atoms with E-state index >= 15 is 0 Å². The molecule has 0 radical (unpaired) electrons. The Labute approximate surface area is 103 Å². The van der Waals surface area contributed by atoms with Crippen LogP contribution in [0.15, 0.2) is 16.7 Å². The zero-order valence-corrected chi connectivity index (χ0v) is 11.0. The fourth-order valence-electron chi connectivity index (χ4n) is 1.39. The zero-order chi connectivity index (χ0) is 12.0. The minimum Gasteiger partial charge on any atom is -0.453 e. The van der Waals surface area contributed by atoms with E-state index in [0.717, 1.165) is 25.2 Å². The average Bonchev–Trinajstić information content (AvgIpc) is 2.60. The van der Waals surface area contributed by atoms with Crippen LogP contribution in [0, 0.1) is 5.92 Å². The fourth-order valence-corrected chi connectivity index (χ4v) is 1.57. The van der Waals surface area contributed by atoms with Gasteiger partial charge in [0.15, 0.2) is 5.22 Å². The molecule has 0 saturated carbocycles. The fraction of sp³-hybridized carbons (Fsp3) is 0.667. The summed E-state index contributed by atoms with van der Waals surface area (Å²) < 4.78 is 5.02. The molecule has 0 amide bonds. The SMILES string of the molecule is CC(C)CNCC(C)NCc1ccoc1Cl. The highest BCUT2D eigenvalue weighted by Crippen LogP contribution is 2.15. The van der Waals surface area contributed by atoms with Crippen LogP contribution in [0.3, 0.4) is 0 Å². The number of furan rings is 1. The van der Waals surface area contributed by atoms with E-state index in [1.54, 1.807) is 6.26 Å². The second kappa shape index (κ2) is 6.94. The molecule has 0 aromatic carbocycles. The Morgan fingerprint density at radius 2 is 2.06 bits per heavy atom. The van der Waals surface area contributed by atoms with Crippen molar-refractivity contribution in [2.75, 3.05) is 13.1 Å². The van der Waals surface area contributed by atoms with Gasteiger partial charge in [-0.1, -0.05) is 13.8 Å². The first-order valence-corrected chi connectivity index (χ1v) is 6.13. The van der Waals surface area contributed by atoms with Gasteiger partial charge in [0.25, 0.3) is 0 Å². The van der Waals surface area contributed by atoms with Crippen LogP contribution in [0.2, 0.25) is 5.22 Å². The second-order valence-electron chi connectivity index (χ2n) is 4.55. The summed E-state index contributed by atoms with van der Waals surface area (Å²) in [5.41, 5.74) is 1.01. The molecule has 0 aliphatic rings. The monoisotopic (exact) mass is 244 g/mol. The van der Waals surface area contributed by atoms with E-state index in [1.807, 2.05) is 6.07 Å². The standard InChI is InChI=1S/C12H21ClN2O/c1-9(2)6-14-7-10(3)15-8-11-4-5-16-12(11)13/h4-5,9-10,14-15H,6-8H2,1-3H3. The van der Waals surface area contributed by atoms with E-state index in [4.69, 9.17) is 16.0 Å². The molecule has 1 aromatic rings. The summed E-state index contributed by atoms with van der Waals surface area (Å²) in [7, 11) is 0. The molecule has 2 N–H and O–H groups in total. The maximum atomic E-state index is 5.85. The third kappa shape index (κ3) is 5.01. The van der Waals surface area contributed by atoms with Crippen LogP contribution in [0.25, 0.3) is 0 Å². The maximum absolute atomic E-state index is 5.85. The van der Waals surface area contributed by atoms with Gasteiger partial charge in [0.2, 0.25) is 0 Å². The molecule has 4 heteroatoms. The molecule has 0 aliphatic carbocycles. The third-order valence-corrected chi connectivity index (χ3v) is 2.67. The molecule has 3 nitrogen and oxygen atoms in total. The van der Waals surface area contributed by atoms with E-state index in [0.29, 0.717) is 17.2 Å². The molecular weight excluding hydrogens is 224 g/mol. The van der Waals surface area contributed by atoms with Crippen molar-refractivity contribution in [1.29, 1.82) is 0 Å². The molecule has 0 bridgehead atoms. The summed E-state index contributed by atoms with van der Waals surface area (Å²) in [5.74, 6) is 0.690. The summed E-state index contributed by atoms with van der Waals surface area (Å²) in [4.78, 5) is 0. The third-order valence-electron chi connectivity index (χ3n) is 2.34. The molecule has 0 saturated heterocycles. The smallest absolute Gasteiger partial charge is 0.197 e. The Morgan fingerprint density at radius 3 is 2.62 bits per heavy atom. The quantitative estimate of drug-likeness (QED) is 0.775. The first-order chi connectivity index (χ1) is 7.59. The van der Waals surface area contributed by atoms with Crippen molar-refractivity contribution in [3.8, 4) is 0 Å². The molecule has 0 fully saturated rings. The minimum atomic E-state index is 0.421. The van der Waals surface area contributed by atoms with Crippen LogP contribution in [-0.2, 0) is 6.54 Å². The van der Waals surface area contributed by atoms with Crippen LogP contribution in [0.1, 0.15) is 26.3 Å². The van der Waals surface area contributed by atoms with Gasteiger partial charge < -0.3 is 15.1 Å². The van der Waals surface area contributed by atoms with Crippen molar-refractivity contribution in [2.24, 2.45) is 5.92 Å². The maximum Gasteiger partial charge on any atom is 0.197 e. The molecule has 1 rings (SSSR count). The lowest BCUT2D eigenvalue weighted by atomic mass is 10.2. The molecular formula is C12H21ClN2O. The molecule has 1 heterocycles. The van der Waals surface area contributed by atoms with Gasteiger partial charge in [-0.2, -0.15) is 0 Å². The van der Waals surface area contributed by atoms with Crippen molar-refractivity contribution in [3.63, 3.8) is 0 Å². The van der Waals surface area contributed by atoms with Crippen molar-refractivity contribution in [3.05, 3.63) is 23.1 Å². The van der Waals surface area contributed by atoms with Crippen LogP contribution in [0.4, 0.5) is 0 Å². The van der Waals surface area contributed by atoms with Gasteiger partial charge in [-0.3, -0.25) is 0 Å². The number of hydrogen-bond donors (Lipinski definition) is 2. The molecule has 1 aromatic heterocycles. The van der Waals surface area contributed by atoms with Gasteiger partial charge >= 0.3 is 0 Å². The topological polar surface area (TPSA) is 37.2 Å². The number of rotatable bonds is 7. The number of hydrogen-bond acceptors (Lipinski definition) is 3. The Hall–Kier alpha value is -0.510. The van der Waals surface area contributed by atoms with Gasteiger partial charge in [0, 0.05) is 24.7 Å². The molecule has 92 valence electrons. The van der Waals surface area contributed by atoms with Crippen LogP contribution < -0.4 is 10.6 Å². The van der Waals surface area contributed by atoms with Gasteiger partial charge in [0.1, 0.15) is 0 Å². The highest BCUT2D eigenvalue weighted by Gasteiger charge is 2.05. The van der Waals surface area contributed by atoms with E-state index in [2.05, 4.69) is 31.4 Å². The first-order valence-electron chi connectivity index (χ1n) is 5.75. The number of nitrogens with one attached hydrogen (secondary N) is 2. The van der Waals surface area contributed by atoms with Crippen LogP contribution in [-0.4, -0.2) is 19.1 Å². The van der Waals surface area contributed by atoms with Gasteiger partial charge in [-0.05, 0) is 37.1 Å². The van der Waals surface area contributed by atoms with E-state index in [-0.39, 0.29) is 0 Å². The van der Waals surface area contributed by atoms with Crippen molar-refractivity contribution in [1.82, 2.24) is 10.6 Å². The molecule has 0 aliphatic heterocycles. The van der Waals surface area contributed by atoms with Crippen molar-refractivity contribution >= 4 is 11.6 Å². The van der Waals surface area contributed by atoms with Crippen LogP contribution >= 0.6 is 11.6 Å². The van der Waals surface area contributed by atoms with Gasteiger partial charge in [-0.15, -0.1) is 0 Å². The molecule has 1 atom stereocenters. The van der Waals surface area contributed by atoms with Crippen LogP contribution in [0.5, 0.6) is 0 Å². The summed E-state index contributed by atoms with van der Waals surface area (Å²) in [6.45, 7) is 9.33. The van der Waals surface area contributed by atoms with E-state index in [1.165, 1.54) is 0 Å². The number of halogens is 1. The predicted molar refractivity (Wildman–Crippen MR) is 67.7 cm³/mol. The summed E-state index contributed by atoms with van der Waals surface area (Å²) in [5, 5.41) is 7.28. The predicted octanol–water partition coefficient (Wildman–Crippen LogP) is 2.66. The molecule has 1 unspecified atom stereocenters. The summed E-state index contributed by atoms with van der Waals surface area (Å²) in [6.07, 6.45) is 1.61. The first kappa shape index (κ1) is 13.6. The molecule has 0 spiro atoms.